The first-order valence-electron chi connectivity index (χ1n) is 8.73. The highest BCUT2D eigenvalue weighted by Crippen LogP contribution is 2.29. The monoisotopic (exact) mass is 454 g/mol. The van der Waals surface area contributed by atoms with E-state index in [-0.39, 0.29) is 0 Å². The molecule has 0 radical (unpaired) electrons. The van der Waals surface area contributed by atoms with E-state index < -0.39 is 0 Å². The summed E-state index contributed by atoms with van der Waals surface area (Å²) in [6, 6.07) is 18.3. The van der Waals surface area contributed by atoms with Gasteiger partial charge in [0.05, 0.1) is 11.4 Å². The van der Waals surface area contributed by atoms with Crippen molar-refractivity contribution in [2.45, 2.75) is 24.8 Å². The van der Waals surface area contributed by atoms with E-state index >= 15 is 0 Å². The highest BCUT2D eigenvalue weighted by molar-refractivity contribution is 9.10. The number of nitrogen functional groups attached to an aromatic ring is 1. The van der Waals surface area contributed by atoms with Gasteiger partial charge < -0.3 is 5.84 Å². The molecule has 0 saturated carbocycles. The molecule has 0 spiro atoms. The average molecular weight is 455 g/mol. The van der Waals surface area contributed by atoms with Crippen LogP contribution in [0.5, 0.6) is 0 Å². The van der Waals surface area contributed by atoms with Crippen LogP contribution in [0.2, 0.25) is 0 Å². The van der Waals surface area contributed by atoms with Gasteiger partial charge in [-0.1, -0.05) is 52.0 Å². The van der Waals surface area contributed by atoms with Gasteiger partial charge in [-0.25, -0.2) is 9.36 Å². The Hall–Kier alpha value is -2.58. The minimum Gasteiger partial charge on any atom is -0.335 e. The van der Waals surface area contributed by atoms with Gasteiger partial charge in [0, 0.05) is 21.5 Å². The summed E-state index contributed by atoms with van der Waals surface area (Å²) >= 11 is 5.09. The van der Waals surface area contributed by atoms with E-state index in [0.717, 1.165) is 32.9 Å². The third kappa shape index (κ3) is 3.70. The molecule has 0 bridgehead atoms. The van der Waals surface area contributed by atoms with Crippen molar-refractivity contribution in [3.63, 3.8) is 0 Å². The standard InChI is InChI=1S/C20H19BrN6S/c1-13-11-14(2)27(25-13)16-9-7-15(8-10-16)12-28-20-24-23-19(26(20)22)17-5-3-4-6-18(17)21/h3-11H,12,22H2,1-2H3. The number of benzene rings is 2. The van der Waals surface area contributed by atoms with Crippen molar-refractivity contribution in [3.8, 4) is 17.1 Å². The lowest BCUT2D eigenvalue weighted by molar-refractivity contribution is 0.833. The second-order valence-corrected chi connectivity index (χ2v) is 8.25. The molecule has 0 aliphatic heterocycles. The number of thioether (sulfide) groups is 1. The third-order valence-corrected chi connectivity index (χ3v) is 6.04. The third-order valence-electron chi connectivity index (χ3n) is 4.34. The summed E-state index contributed by atoms with van der Waals surface area (Å²) in [7, 11) is 0. The van der Waals surface area contributed by atoms with Crippen LogP contribution in [-0.4, -0.2) is 24.7 Å². The van der Waals surface area contributed by atoms with Crippen molar-refractivity contribution in [1.29, 1.82) is 0 Å². The molecule has 142 valence electrons. The zero-order valence-electron chi connectivity index (χ0n) is 15.5. The van der Waals surface area contributed by atoms with Crippen molar-refractivity contribution in [2.75, 3.05) is 5.84 Å². The molecule has 0 amide bonds. The number of nitrogens with zero attached hydrogens (tertiary/aromatic N) is 5. The van der Waals surface area contributed by atoms with Crippen molar-refractivity contribution >= 4 is 27.7 Å². The molecule has 2 aromatic heterocycles. The Morgan fingerprint density at radius 2 is 1.79 bits per heavy atom. The Balaban J connectivity index is 1.48. The topological polar surface area (TPSA) is 74.5 Å². The van der Waals surface area contributed by atoms with Crippen LogP contribution in [-0.2, 0) is 5.75 Å². The molecule has 6 nitrogen and oxygen atoms in total. The summed E-state index contributed by atoms with van der Waals surface area (Å²) in [6.45, 7) is 4.06. The molecule has 4 aromatic rings. The fraction of sp³-hybridized carbons (Fsp3) is 0.150. The molecular weight excluding hydrogens is 436 g/mol. The summed E-state index contributed by atoms with van der Waals surface area (Å²) in [5, 5.41) is 13.7. The Bertz CT molecular complexity index is 1120. The number of rotatable bonds is 5. The zero-order chi connectivity index (χ0) is 19.7. The van der Waals surface area contributed by atoms with E-state index in [0.29, 0.717) is 11.0 Å². The number of halogens is 1. The van der Waals surface area contributed by atoms with Gasteiger partial charge >= 0.3 is 0 Å². The van der Waals surface area contributed by atoms with Crippen LogP contribution in [0.3, 0.4) is 0 Å². The highest BCUT2D eigenvalue weighted by Gasteiger charge is 2.14. The minimum atomic E-state index is 0.634. The fourth-order valence-corrected chi connectivity index (χ4v) is 4.25. The molecule has 2 aromatic carbocycles. The molecule has 0 unspecified atom stereocenters. The lowest BCUT2D eigenvalue weighted by atomic mass is 10.2. The Morgan fingerprint density at radius 3 is 2.46 bits per heavy atom. The van der Waals surface area contributed by atoms with Gasteiger partial charge in [-0.3, -0.25) is 0 Å². The second kappa shape index (κ2) is 7.81. The maximum Gasteiger partial charge on any atom is 0.210 e. The zero-order valence-corrected chi connectivity index (χ0v) is 17.9. The van der Waals surface area contributed by atoms with Gasteiger partial charge in [0.1, 0.15) is 0 Å². The number of hydrogen-bond donors (Lipinski definition) is 1. The van der Waals surface area contributed by atoms with E-state index in [4.69, 9.17) is 5.84 Å². The molecule has 2 N–H and O–H groups in total. The van der Waals surface area contributed by atoms with Gasteiger partial charge in [0.2, 0.25) is 5.16 Å². The summed E-state index contributed by atoms with van der Waals surface area (Å²) in [6.07, 6.45) is 0. The highest BCUT2D eigenvalue weighted by atomic mass is 79.9. The van der Waals surface area contributed by atoms with Crippen LogP contribution < -0.4 is 5.84 Å². The molecule has 8 heteroatoms. The van der Waals surface area contributed by atoms with Crippen LogP contribution in [0.25, 0.3) is 17.1 Å². The Morgan fingerprint density at radius 1 is 1.04 bits per heavy atom. The molecule has 4 rings (SSSR count). The average Bonchev–Trinajstić information content (AvgIpc) is 3.22. The molecule has 28 heavy (non-hydrogen) atoms. The van der Waals surface area contributed by atoms with E-state index in [1.807, 2.05) is 35.9 Å². The van der Waals surface area contributed by atoms with Crippen LogP contribution in [0.15, 0.2) is 64.2 Å². The SMILES string of the molecule is Cc1cc(C)n(-c2ccc(CSc3nnc(-c4ccccc4Br)n3N)cc2)n1. The lowest BCUT2D eigenvalue weighted by Gasteiger charge is -2.07. The first kappa shape index (κ1) is 18.8. The molecule has 2 heterocycles. The number of hydrogen-bond acceptors (Lipinski definition) is 5. The van der Waals surface area contributed by atoms with Gasteiger partial charge in [-0.15, -0.1) is 10.2 Å². The summed E-state index contributed by atoms with van der Waals surface area (Å²) in [5.41, 5.74) is 5.28. The number of aromatic nitrogens is 5. The van der Waals surface area contributed by atoms with Crippen molar-refractivity contribution in [3.05, 3.63) is 76.0 Å². The maximum atomic E-state index is 6.23. The van der Waals surface area contributed by atoms with Gasteiger partial charge in [0.15, 0.2) is 5.82 Å². The van der Waals surface area contributed by atoms with E-state index in [9.17, 15) is 0 Å². The molecule has 0 aliphatic rings. The van der Waals surface area contributed by atoms with Crippen LogP contribution in [0.1, 0.15) is 17.0 Å². The van der Waals surface area contributed by atoms with Crippen molar-refractivity contribution in [2.24, 2.45) is 0 Å². The van der Waals surface area contributed by atoms with Crippen LogP contribution >= 0.6 is 27.7 Å². The largest absolute Gasteiger partial charge is 0.335 e. The summed E-state index contributed by atoms with van der Waals surface area (Å²) < 4.78 is 4.42. The summed E-state index contributed by atoms with van der Waals surface area (Å²) in [4.78, 5) is 0. The van der Waals surface area contributed by atoms with Crippen LogP contribution in [0, 0.1) is 13.8 Å². The molecule has 0 atom stereocenters. The van der Waals surface area contributed by atoms with Gasteiger partial charge in [-0.2, -0.15) is 5.10 Å². The normalized spacial score (nSPS) is 11.1. The quantitative estimate of drug-likeness (QED) is 0.354. The van der Waals surface area contributed by atoms with Crippen molar-refractivity contribution in [1.82, 2.24) is 24.7 Å². The van der Waals surface area contributed by atoms with Crippen LogP contribution in [0.4, 0.5) is 0 Å². The fourth-order valence-electron chi connectivity index (χ4n) is 2.97. The minimum absolute atomic E-state index is 0.634. The van der Waals surface area contributed by atoms with E-state index in [1.54, 1.807) is 11.8 Å². The number of nitrogens with two attached hydrogens (primary N) is 1. The predicted octanol–water partition coefficient (Wildman–Crippen LogP) is 4.52. The molecule has 0 fully saturated rings. The molecular formula is C20H19BrN6S. The summed E-state index contributed by atoms with van der Waals surface area (Å²) in [5.74, 6) is 7.61. The Kier molecular flexibility index (Phi) is 5.23. The van der Waals surface area contributed by atoms with Crippen molar-refractivity contribution < 1.29 is 0 Å². The Labute approximate surface area is 175 Å². The first-order valence-corrected chi connectivity index (χ1v) is 10.5. The second-order valence-electron chi connectivity index (χ2n) is 6.45. The van der Waals surface area contributed by atoms with E-state index in [1.165, 1.54) is 10.2 Å². The predicted molar refractivity (Wildman–Crippen MR) is 116 cm³/mol. The van der Waals surface area contributed by atoms with Gasteiger partial charge in [-0.05, 0) is 49.7 Å². The molecule has 0 saturated heterocycles. The first-order chi connectivity index (χ1) is 13.5. The number of aryl methyl sites for hydroxylation is 2. The van der Waals surface area contributed by atoms with Gasteiger partial charge in [0.25, 0.3) is 0 Å². The molecule has 0 aliphatic carbocycles. The lowest BCUT2D eigenvalue weighted by Crippen LogP contribution is -2.11. The smallest absolute Gasteiger partial charge is 0.210 e. The van der Waals surface area contributed by atoms with E-state index in [2.05, 4.69) is 68.5 Å². The maximum absolute atomic E-state index is 6.23.